The molecule has 38 heavy (non-hydrogen) atoms. The second kappa shape index (κ2) is 10.9. The molecule has 0 radical (unpaired) electrons. The Morgan fingerprint density at radius 3 is 2.55 bits per heavy atom. The van der Waals surface area contributed by atoms with Crippen LogP contribution in [0.4, 0.5) is 10.1 Å². The molecule has 1 heterocycles. The summed E-state index contributed by atoms with van der Waals surface area (Å²) in [6, 6.07) is 9.67. The van der Waals surface area contributed by atoms with E-state index in [2.05, 4.69) is 10.3 Å². The number of amides is 1. The number of rotatable bonds is 8. The lowest BCUT2D eigenvalue weighted by Gasteiger charge is -2.22. The lowest BCUT2D eigenvalue weighted by atomic mass is 9.94. The summed E-state index contributed by atoms with van der Waals surface area (Å²) in [7, 11) is 0. The van der Waals surface area contributed by atoms with Gasteiger partial charge in [-0.2, -0.15) is 4.73 Å². The largest absolute Gasteiger partial charge is 0.478 e. The molecule has 1 fully saturated rings. The molecule has 0 bridgehead atoms. The second-order valence-corrected chi connectivity index (χ2v) is 9.44. The Labute approximate surface area is 221 Å². The van der Waals surface area contributed by atoms with Crippen LogP contribution in [-0.2, 0) is 17.8 Å². The van der Waals surface area contributed by atoms with E-state index in [4.69, 9.17) is 28.5 Å². The van der Waals surface area contributed by atoms with Crippen LogP contribution < -0.4 is 22.3 Å². The van der Waals surface area contributed by atoms with Crippen molar-refractivity contribution in [3.05, 3.63) is 81.2 Å². The van der Waals surface area contributed by atoms with E-state index in [1.54, 1.807) is 0 Å². The molecule has 198 valence electrons. The minimum Gasteiger partial charge on any atom is -0.478 e. The fraction of sp³-hybridized carbons (Fsp3) is 0.231. The zero-order valence-corrected chi connectivity index (χ0v) is 20.9. The van der Waals surface area contributed by atoms with E-state index in [0.717, 1.165) is 24.0 Å². The third kappa shape index (κ3) is 5.78. The van der Waals surface area contributed by atoms with Crippen LogP contribution in [0.25, 0.3) is 11.1 Å². The summed E-state index contributed by atoms with van der Waals surface area (Å²) in [5.74, 6) is -2.82. The molecular weight excluding hydrogens is 515 g/mol. The standard InChI is InChI=1S/C26H26ClFN6O4/c27-19-10-22(33-17-2-1-3-17)34(38)21(24(19)14-7-15(26(36)37)9-16(29)8-14)11-23(35)32-12-13-4-5-18(25(30)31)20(28)6-13/h4-10,17,38H,1-3,11-12,29H2,(H3,30,31)(H,32,35)(H,36,37). The highest BCUT2D eigenvalue weighted by molar-refractivity contribution is 6.33. The van der Waals surface area contributed by atoms with Crippen LogP contribution in [0.5, 0.6) is 0 Å². The number of anilines is 1. The van der Waals surface area contributed by atoms with Gasteiger partial charge < -0.3 is 27.1 Å². The molecule has 3 aromatic rings. The van der Waals surface area contributed by atoms with Crippen LogP contribution in [-0.4, -0.2) is 38.8 Å². The van der Waals surface area contributed by atoms with Crippen LogP contribution in [0.1, 0.15) is 46.4 Å². The number of halogens is 2. The Bertz CT molecular complexity index is 1520. The summed E-state index contributed by atoms with van der Waals surface area (Å²) in [6.45, 7) is -0.0317. The number of carbonyl (C=O) groups excluding carboxylic acids is 1. The minimum atomic E-state index is -1.20. The molecule has 10 nitrogen and oxygen atoms in total. The average molecular weight is 541 g/mol. The van der Waals surface area contributed by atoms with Crippen molar-refractivity contribution in [2.45, 2.75) is 38.3 Å². The van der Waals surface area contributed by atoms with Gasteiger partial charge >= 0.3 is 5.97 Å². The van der Waals surface area contributed by atoms with Crippen LogP contribution in [0.3, 0.4) is 0 Å². The number of amidine groups is 1. The van der Waals surface area contributed by atoms with Gasteiger partial charge in [-0.25, -0.2) is 9.18 Å². The predicted molar refractivity (Wildman–Crippen MR) is 140 cm³/mol. The zero-order chi connectivity index (χ0) is 27.6. The van der Waals surface area contributed by atoms with Gasteiger partial charge in [0.1, 0.15) is 11.7 Å². The molecule has 8 N–H and O–H groups in total. The first kappa shape index (κ1) is 26.7. The number of aromatic nitrogens is 1. The Morgan fingerprint density at radius 2 is 1.95 bits per heavy atom. The smallest absolute Gasteiger partial charge is 0.335 e. The predicted octanol–water partition coefficient (Wildman–Crippen LogP) is 3.06. The first-order chi connectivity index (χ1) is 18.0. The third-order valence-electron chi connectivity index (χ3n) is 6.28. The summed E-state index contributed by atoms with van der Waals surface area (Å²) in [4.78, 5) is 29.1. The first-order valence-electron chi connectivity index (χ1n) is 11.7. The highest BCUT2D eigenvalue weighted by atomic mass is 35.5. The number of benzene rings is 2. The van der Waals surface area contributed by atoms with Crippen LogP contribution >= 0.6 is 11.6 Å². The highest BCUT2D eigenvalue weighted by Crippen LogP contribution is 2.33. The number of aromatic carboxylic acids is 1. The molecule has 0 atom stereocenters. The number of nitrogens with two attached hydrogens (primary N) is 2. The molecule has 4 rings (SSSR count). The minimum absolute atomic E-state index is 0.0239. The first-order valence-corrected chi connectivity index (χ1v) is 12.1. The van der Waals surface area contributed by atoms with Crippen LogP contribution in [0, 0.1) is 11.2 Å². The molecule has 12 heteroatoms. The van der Waals surface area contributed by atoms with Crippen molar-refractivity contribution in [1.29, 1.82) is 5.41 Å². The SMILES string of the molecule is N=C(N)c1ccc(CNC(=O)Cc2c(-c3cc(N)cc(C(=O)O)c3)c(Cl)cc(=NC3CCC3)n2O)cc1F. The highest BCUT2D eigenvalue weighted by Gasteiger charge is 2.22. The molecule has 0 spiro atoms. The lowest BCUT2D eigenvalue weighted by molar-refractivity contribution is -0.120. The van der Waals surface area contributed by atoms with E-state index in [0.29, 0.717) is 11.1 Å². The number of hydrogen-bond donors (Lipinski definition) is 6. The van der Waals surface area contributed by atoms with Crippen molar-refractivity contribution in [3.63, 3.8) is 0 Å². The van der Waals surface area contributed by atoms with Crippen LogP contribution in [0.2, 0.25) is 5.02 Å². The zero-order valence-electron chi connectivity index (χ0n) is 20.2. The van der Waals surface area contributed by atoms with Crippen molar-refractivity contribution in [2.24, 2.45) is 10.7 Å². The molecule has 1 saturated carbocycles. The quantitative estimate of drug-likeness (QED) is 0.110. The summed E-state index contributed by atoms with van der Waals surface area (Å²) >= 11 is 6.61. The topological polar surface area (TPSA) is 180 Å². The van der Waals surface area contributed by atoms with Gasteiger partial charge in [0.05, 0.1) is 34.3 Å². The third-order valence-corrected chi connectivity index (χ3v) is 6.58. The van der Waals surface area contributed by atoms with E-state index >= 15 is 0 Å². The van der Waals surface area contributed by atoms with Crippen molar-refractivity contribution in [3.8, 4) is 11.1 Å². The maximum Gasteiger partial charge on any atom is 0.335 e. The molecule has 2 aromatic carbocycles. The monoisotopic (exact) mass is 540 g/mol. The van der Waals surface area contributed by atoms with Gasteiger partial charge in [-0.3, -0.25) is 15.2 Å². The second-order valence-electron chi connectivity index (χ2n) is 9.03. The van der Waals surface area contributed by atoms with E-state index < -0.39 is 23.5 Å². The van der Waals surface area contributed by atoms with Crippen molar-refractivity contribution in [2.75, 3.05) is 5.73 Å². The molecule has 1 aliphatic carbocycles. The number of nitrogen functional groups attached to an aromatic ring is 2. The summed E-state index contributed by atoms with van der Waals surface area (Å²) in [5, 5.41) is 30.8. The Kier molecular flexibility index (Phi) is 7.67. The maximum absolute atomic E-state index is 14.2. The Hall–Kier alpha value is -4.38. The molecule has 1 aliphatic rings. The molecule has 1 amide bonds. The van der Waals surface area contributed by atoms with Crippen molar-refractivity contribution >= 4 is 35.0 Å². The Balaban J connectivity index is 1.70. The van der Waals surface area contributed by atoms with Gasteiger partial charge in [-0.15, -0.1) is 0 Å². The fourth-order valence-corrected chi connectivity index (χ4v) is 4.43. The van der Waals surface area contributed by atoms with Crippen LogP contribution in [0.15, 0.2) is 47.5 Å². The number of hydrogen-bond acceptors (Lipinski definition) is 6. The van der Waals surface area contributed by atoms with Gasteiger partial charge in [-0.1, -0.05) is 17.7 Å². The van der Waals surface area contributed by atoms with E-state index in [9.17, 15) is 24.3 Å². The number of carboxylic acids is 1. The van der Waals surface area contributed by atoms with Gasteiger partial charge in [-0.05, 0) is 60.7 Å². The average Bonchev–Trinajstić information content (AvgIpc) is 2.82. The lowest BCUT2D eigenvalue weighted by Crippen LogP contribution is -2.31. The van der Waals surface area contributed by atoms with Gasteiger partial charge in [0, 0.05) is 23.9 Å². The number of nitrogens with zero attached hydrogens (tertiary/aromatic N) is 2. The fourth-order valence-electron chi connectivity index (χ4n) is 4.11. The van der Waals surface area contributed by atoms with E-state index in [1.165, 1.54) is 42.5 Å². The normalized spacial score (nSPS) is 13.7. The number of pyridine rings is 1. The van der Waals surface area contributed by atoms with Gasteiger partial charge in [0.2, 0.25) is 5.91 Å². The molecule has 0 unspecified atom stereocenters. The molecular formula is C26H26ClFN6O4. The van der Waals surface area contributed by atoms with E-state index in [1.807, 2.05) is 0 Å². The van der Waals surface area contributed by atoms with Gasteiger partial charge in [0.25, 0.3) is 0 Å². The Morgan fingerprint density at radius 1 is 1.21 bits per heavy atom. The van der Waals surface area contributed by atoms with Crippen molar-refractivity contribution < 1.29 is 24.3 Å². The van der Waals surface area contributed by atoms with E-state index in [-0.39, 0.29) is 57.6 Å². The molecule has 0 saturated heterocycles. The molecule has 0 aliphatic heterocycles. The number of carboxylic acid groups (broad SMARTS) is 1. The number of nitrogens with one attached hydrogen (secondary N) is 2. The summed E-state index contributed by atoms with van der Waals surface area (Å²) < 4.78 is 14.9. The molecule has 1 aromatic heterocycles. The summed E-state index contributed by atoms with van der Waals surface area (Å²) in [5.41, 5.74) is 12.5. The summed E-state index contributed by atoms with van der Waals surface area (Å²) in [6.07, 6.45) is 2.40. The van der Waals surface area contributed by atoms with Crippen molar-refractivity contribution in [1.82, 2.24) is 10.0 Å². The maximum atomic E-state index is 14.2. The number of carbonyl (C=O) groups is 2. The van der Waals surface area contributed by atoms with Gasteiger partial charge in [0.15, 0.2) is 5.49 Å².